The highest BCUT2D eigenvalue weighted by molar-refractivity contribution is 5.46. The van der Waals surface area contributed by atoms with Gasteiger partial charge in [0.15, 0.2) is 0 Å². The van der Waals surface area contributed by atoms with Crippen molar-refractivity contribution in [2.45, 2.75) is 20.4 Å². The third-order valence-electron chi connectivity index (χ3n) is 3.02. The Hall–Kier alpha value is -1.20. The average Bonchev–Trinajstić information content (AvgIpc) is 2.35. The van der Waals surface area contributed by atoms with Gasteiger partial charge in [0.25, 0.3) is 0 Å². The van der Waals surface area contributed by atoms with Gasteiger partial charge in [0.2, 0.25) is 0 Å². The molecule has 0 aliphatic carbocycles. The van der Waals surface area contributed by atoms with E-state index < -0.39 is 0 Å². The first-order valence-corrected chi connectivity index (χ1v) is 7.11. The summed E-state index contributed by atoms with van der Waals surface area (Å²) >= 11 is 0. The average molecular weight is 282 g/mol. The molecule has 0 atom stereocenters. The molecule has 0 unspecified atom stereocenters. The Morgan fingerprint density at radius 3 is 2.55 bits per heavy atom. The van der Waals surface area contributed by atoms with Gasteiger partial charge in [-0.3, -0.25) is 0 Å². The molecular formula is C15H27FN4. The largest absolute Gasteiger partial charge is 0.358 e. The van der Waals surface area contributed by atoms with Crippen LogP contribution in [0.5, 0.6) is 0 Å². The minimum Gasteiger partial charge on any atom is -0.358 e. The van der Waals surface area contributed by atoms with Gasteiger partial charge in [0.1, 0.15) is 11.6 Å². The summed E-state index contributed by atoms with van der Waals surface area (Å²) in [6.45, 7) is 7.67. The Morgan fingerprint density at radius 1 is 1.25 bits per heavy atom. The lowest BCUT2D eigenvalue weighted by Crippen LogP contribution is -2.30. The highest BCUT2D eigenvalue weighted by atomic mass is 19.1. The molecule has 0 fully saturated rings. The third-order valence-corrected chi connectivity index (χ3v) is 3.02. The minimum absolute atomic E-state index is 0.281. The van der Waals surface area contributed by atoms with E-state index in [9.17, 15) is 4.39 Å². The Morgan fingerprint density at radius 2 is 1.95 bits per heavy atom. The molecule has 0 saturated carbocycles. The molecule has 114 valence electrons. The number of nitrogens with zero attached hydrogens (tertiary/aromatic N) is 3. The summed E-state index contributed by atoms with van der Waals surface area (Å²) in [5, 5.41) is 3.34. The maximum absolute atomic E-state index is 13.4. The predicted octanol–water partition coefficient (Wildman–Crippen LogP) is 1.96. The quantitative estimate of drug-likeness (QED) is 0.790. The van der Waals surface area contributed by atoms with Crippen LogP contribution >= 0.6 is 0 Å². The molecule has 0 aliphatic rings. The van der Waals surface area contributed by atoms with E-state index in [2.05, 4.69) is 33.9 Å². The van der Waals surface area contributed by atoms with Gasteiger partial charge in [-0.25, -0.2) is 9.37 Å². The fourth-order valence-corrected chi connectivity index (χ4v) is 1.90. The summed E-state index contributed by atoms with van der Waals surface area (Å²) in [6.07, 6.45) is 1.29. The van der Waals surface area contributed by atoms with Crippen LogP contribution in [0.15, 0.2) is 12.3 Å². The first-order valence-electron chi connectivity index (χ1n) is 7.11. The molecule has 1 rings (SSSR count). The summed E-state index contributed by atoms with van der Waals surface area (Å²) in [4.78, 5) is 8.44. The third kappa shape index (κ3) is 5.84. The molecule has 0 bridgehead atoms. The summed E-state index contributed by atoms with van der Waals surface area (Å²) in [5.41, 5.74) is 0.909. The highest BCUT2D eigenvalue weighted by Gasteiger charge is 2.11. The molecule has 0 spiro atoms. The van der Waals surface area contributed by atoms with Gasteiger partial charge >= 0.3 is 0 Å². The van der Waals surface area contributed by atoms with Gasteiger partial charge in [-0.1, -0.05) is 13.8 Å². The van der Waals surface area contributed by atoms with E-state index >= 15 is 0 Å². The van der Waals surface area contributed by atoms with Gasteiger partial charge < -0.3 is 15.1 Å². The maximum Gasteiger partial charge on any atom is 0.141 e. The summed E-state index contributed by atoms with van der Waals surface area (Å²) in [7, 11) is 6.07. The van der Waals surface area contributed by atoms with Crippen LogP contribution in [0, 0.1) is 11.7 Å². The van der Waals surface area contributed by atoms with Crippen molar-refractivity contribution in [1.82, 2.24) is 15.2 Å². The van der Waals surface area contributed by atoms with Crippen LogP contribution in [-0.4, -0.2) is 50.7 Å². The monoisotopic (exact) mass is 282 g/mol. The van der Waals surface area contributed by atoms with Crippen molar-refractivity contribution < 1.29 is 4.39 Å². The van der Waals surface area contributed by atoms with E-state index in [-0.39, 0.29) is 5.82 Å². The van der Waals surface area contributed by atoms with Gasteiger partial charge in [-0.15, -0.1) is 0 Å². The number of aromatic nitrogens is 1. The lowest BCUT2D eigenvalue weighted by Gasteiger charge is -2.23. The molecule has 0 saturated heterocycles. The lowest BCUT2D eigenvalue weighted by molar-refractivity contribution is 0.416. The van der Waals surface area contributed by atoms with Crippen molar-refractivity contribution in [2.75, 3.05) is 45.7 Å². The van der Waals surface area contributed by atoms with Crippen LogP contribution in [0.1, 0.15) is 19.4 Å². The van der Waals surface area contributed by atoms with E-state index in [1.54, 1.807) is 6.07 Å². The standard InChI is InChI=1S/C15H27FN4/c1-12(2)9-17-10-13-8-14(16)11-18-15(13)20(5)7-6-19(3)4/h8,11-12,17H,6-7,9-10H2,1-5H3. The highest BCUT2D eigenvalue weighted by Crippen LogP contribution is 2.17. The van der Waals surface area contributed by atoms with Crippen molar-refractivity contribution in [2.24, 2.45) is 5.92 Å². The molecule has 0 aromatic carbocycles. The molecule has 0 radical (unpaired) electrons. The molecule has 0 amide bonds. The summed E-state index contributed by atoms with van der Waals surface area (Å²) in [6, 6.07) is 1.57. The second-order valence-electron chi connectivity index (χ2n) is 5.89. The minimum atomic E-state index is -0.281. The lowest BCUT2D eigenvalue weighted by atomic mass is 10.2. The van der Waals surface area contributed by atoms with Gasteiger partial charge in [-0.2, -0.15) is 0 Å². The normalized spacial score (nSPS) is 11.4. The Balaban J connectivity index is 2.73. The number of anilines is 1. The number of likely N-dealkylation sites (N-methyl/N-ethyl adjacent to an activating group) is 2. The van der Waals surface area contributed by atoms with Crippen LogP contribution in [0.2, 0.25) is 0 Å². The molecule has 1 heterocycles. The fourth-order valence-electron chi connectivity index (χ4n) is 1.90. The van der Waals surface area contributed by atoms with Crippen LogP contribution in [-0.2, 0) is 6.54 Å². The fraction of sp³-hybridized carbons (Fsp3) is 0.667. The van der Waals surface area contributed by atoms with Crippen LogP contribution in [0.3, 0.4) is 0 Å². The number of halogens is 1. The van der Waals surface area contributed by atoms with Crippen LogP contribution in [0.25, 0.3) is 0 Å². The summed E-state index contributed by atoms with van der Waals surface area (Å²) < 4.78 is 13.4. The molecule has 1 N–H and O–H groups in total. The second-order valence-corrected chi connectivity index (χ2v) is 5.89. The van der Waals surface area contributed by atoms with E-state index in [4.69, 9.17) is 0 Å². The SMILES string of the molecule is CC(C)CNCc1cc(F)cnc1N(C)CCN(C)C. The molecule has 0 aliphatic heterocycles. The molecular weight excluding hydrogens is 255 g/mol. The van der Waals surface area contributed by atoms with Gasteiger partial charge in [0.05, 0.1) is 6.20 Å². The molecule has 1 aromatic heterocycles. The Labute approximate surface area is 122 Å². The van der Waals surface area contributed by atoms with Crippen molar-refractivity contribution in [3.8, 4) is 0 Å². The van der Waals surface area contributed by atoms with Crippen LogP contribution < -0.4 is 10.2 Å². The Bertz CT molecular complexity index is 407. The summed E-state index contributed by atoms with van der Waals surface area (Å²) in [5.74, 6) is 1.15. The molecule has 20 heavy (non-hydrogen) atoms. The van der Waals surface area contributed by atoms with Crippen molar-refractivity contribution in [3.05, 3.63) is 23.6 Å². The number of nitrogens with one attached hydrogen (secondary N) is 1. The van der Waals surface area contributed by atoms with Crippen molar-refractivity contribution >= 4 is 5.82 Å². The molecule has 4 nitrogen and oxygen atoms in total. The molecule has 1 aromatic rings. The van der Waals surface area contributed by atoms with E-state index in [1.165, 1.54) is 6.20 Å². The first-order chi connectivity index (χ1) is 9.40. The smallest absolute Gasteiger partial charge is 0.141 e. The number of rotatable bonds is 8. The van der Waals surface area contributed by atoms with E-state index in [0.717, 1.165) is 31.0 Å². The zero-order valence-corrected chi connectivity index (χ0v) is 13.3. The number of pyridine rings is 1. The van der Waals surface area contributed by atoms with Crippen molar-refractivity contribution in [1.29, 1.82) is 0 Å². The van der Waals surface area contributed by atoms with E-state index in [0.29, 0.717) is 12.5 Å². The molecule has 5 heteroatoms. The van der Waals surface area contributed by atoms with E-state index in [1.807, 2.05) is 21.1 Å². The topological polar surface area (TPSA) is 31.4 Å². The maximum atomic E-state index is 13.4. The zero-order valence-electron chi connectivity index (χ0n) is 13.3. The Kier molecular flexibility index (Phi) is 6.88. The van der Waals surface area contributed by atoms with Crippen LogP contribution in [0.4, 0.5) is 10.2 Å². The zero-order chi connectivity index (χ0) is 15.1. The predicted molar refractivity (Wildman–Crippen MR) is 82.6 cm³/mol. The van der Waals surface area contributed by atoms with Crippen molar-refractivity contribution in [3.63, 3.8) is 0 Å². The van der Waals surface area contributed by atoms with Gasteiger partial charge in [-0.05, 0) is 32.6 Å². The van der Waals surface area contributed by atoms with Gasteiger partial charge in [0, 0.05) is 32.2 Å². The number of hydrogen-bond donors (Lipinski definition) is 1. The second kappa shape index (κ2) is 8.17. The number of hydrogen-bond acceptors (Lipinski definition) is 4. The first kappa shape index (κ1) is 16.9.